The minimum atomic E-state index is -0.615. The highest BCUT2D eigenvalue weighted by Crippen LogP contribution is 2.62. The van der Waals surface area contributed by atoms with Crippen LogP contribution < -0.4 is 4.74 Å². The van der Waals surface area contributed by atoms with Gasteiger partial charge in [0.1, 0.15) is 22.7 Å². The Kier molecular flexibility index (Phi) is 7.54. The van der Waals surface area contributed by atoms with Gasteiger partial charge in [0.2, 0.25) is 0 Å². The molecule has 14 rings (SSSR count). The van der Waals surface area contributed by atoms with Gasteiger partial charge < -0.3 is 9.15 Å². The van der Waals surface area contributed by atoms with Gasteiger partial charge in [0, 0.05) is 54.9 Å². The van der Waals surface area contributed by atoms with Crippen LogP contribution in [0, 0.1) is 0 Å². The van der Waals surface area contributed by atoms with Gasteiger partial charge in [-0.2, -0.15) is 0 Å². The molecule has 302 valence electrons. The third-order valence-electron chi connectivity index (χ3n) is 13.5. The van der Waals surface area contributed by atoms with Crippen molar-refractivity contribution in [3.63, 3.8) is 0 Å². The molecule has 0 saturated carbocycles. The minimum absolute atomic E-state index is 0.615. The molecular formula is C60H35N3O2. The molecule has 0 saturated heterocycles. The third kappa shape index (κ3) is 5.18. The fourth-order valence-electron chi connectivity index (χ4n) is 10.8. The highest BCUT2D eigenvalue weighted by Gasteiger charge is 2.51. The van der Waals surface area contributed by atoms with E-state index >= 15 is 0 Å². The van der Waals surface area contributed by atoms with E-state index in [1.54, 1.807) is 0 Å². The van der Waals surface area contributed by atoms with Gasteiger partial charge in [0.15, 0.2) is 5.82 Å². The summed E-state index contributed by atoms with van der Waals surface area (Å²) in [4.78, 5) is 16.0. The van der Waals surface area contributed by atoms with Crippen LogP contribution >= 0.6 is 0 Å². The van der Waals surface area contributed by atoms with E-state index in [0.717, 1.165) is 106 Å². The van der Waals surface area contributed by atoms with Gasteiger partial charge in [-0.1, -0.05) is 164 Å². The molecule has 1 spiro atoms. The Balaban J connectivity index is 1.06. The first kappa shape index (κ1) is 35.9. The van der Waals surface area contributed by atoms with Crippen LogP contribution in [0.5, 0.6) is 11.5 Å². The number of para-hydroxylation sites is 2. The zero-order chi connectivity index (χ0) is 42.6. The smallest absolute Gasteiger partial charge is 0.160 e. The number of ether oxygens (including phenoxy) is 1. The van der Waals surface area contributed by atoms with Gasteiger partial charge in [-0.25, -0.2) is 15.0 Å². The van der Waals surface area contributed by atoms with Crippen molar-refractivity contribution in [2.45, 2.75) is 5.41 Å². The van der Waals surface area contributed by atoms with Crippen LogP contribution in [0.3, 0.4) is 0 Å². The number of fused-ring (bicyclic) bond motifs is 15. The van der Waals surface area contributed by atoms with E-state index in [1.807, 2.05) is 42.5 Å². The second-order valence-electron chi connectivity index (χ2n) is 17.0. The quantitative estimate of drug-likeness (QED) is 0.165. The number of benzene rings is 9. The maximum Gasteiger partial charge on any atom is 0.160 e. The fraction of sp³-hybridized carbons (Fsp3) is 0.0167. The molecule has 3 aromatic heterocycles. The zero-order valence-electron chi connectivity index (χ0n) is 34.9. The van der Waals surface area contributed by atoms with Gasteiger partial charge in [-0.15, -0.1) is 0 Å². The molecule has 65 heavy (non-hydrogen) atoms. The Morgan fingerprint density at radius 2 is 1.00 bits per heavy atom. The Hall–Kier alpha value is -8.67. The number of nitrogens with zero attached hydrogens (tertiary/aromatic N) is 3. The van der Waals surface area contributed by atoms with E-state index in [9.17, 15) is 0 Å². The maximum atomic E-state index is 7.01. The van der Waals surface area contributed by atoms with Crippen molar-refractivity contribution in [1.29, 1.82) is 0 Å². The first-order valence-corrected chi connectivity index (χ1v) is 22.0. The molecule has 1 aliphatic heterocycles. The van der Waals surface area contributed by atoms with Crippen LogP contribution in [0.4, 0.5) is 0 Å². The van der Waals surface area contributed by atoms with E-state index in [4.69, 9.17) is 24.1 Å². The Morgan fingerprint density at radius 3 is 1.80 bits per heavy atom. The Morgan fingerprint density at radius 1 is 0.354 bits per heavy atom. The molecule has 0 atom stereocenters. The van der Waals surface area contributed by atoms with Gasteiger partial charge in [-0.3, -0.25) is 0 Å². The van der Waals surface area contributed by atoms with Crippen LogP contribution in [0.2, 0.25) is 0 Å². The highest BCUT2D eigenvalue weighted by molar-refractivity contribution is 6.14. The SMILES string of the molecule is c1ccc(-c2nc(-c3ccc4nc(-c5ccccc5)c5cc6c(cc5c4c3)C3(c4ccccc4O6)c4ccccc4-c4ccccc43)cc(-c3cccc4oc5ccccc5c34)n2)cc1. The lowest BCUT2D eigenvalue weighted by Gasteiger charge is -2.39. The van der Waals surface area contributed by atoms with Crippen LogP contribution in [0.15, 0.2) is 217 Å². The molecule has 0 N–H and O–H groups in total. The fourth-order valence-corrected chi connectivity index (χ4v) is 10.8. The van der Waals surface area contributed by atoms with E-state index in [-0.39, 0.29) is 0 Å². The van der Waals surface area contributed by atoms with Gasteiger partial charge >= 0.3 is 0 Å². The van der Waals surface area contributed by atoms with Gasteiger partial charge in [0.05, 0.1) is 28.0 Å². The van der Waals surface area contributed by atoms with E-state index in [0.29, 0.717) is 5.82 Å². The summed E-state index contributed by atoms with van der Waals surface area (Å²) in [5, 5.41) is 5.22. The first-order chi connectivity index (χ1) is 32.2. The second kappa shape index (κ2) is 13.7. The normalized spacial score (nSPS) is 13.2. The highest BCUT2D eigenvalue weighted by atomic mass is 16.5. The number of furan rings is 1. The average molecular weight is 830 g/mol. The predicted molar refractivity (Wildman–Crippen MR) is 261 cm³/mol. The van der Waals surface area contributed by atoms with Gasteiger partial charge in [-0.05, 0) is 76.2 Å². The maximum absolute atomic E-state index is 7.01. The largest absolute Gasteiger partial charge is 0.457 e. The molecule has 0 unspecified atom stereocenters. The summed E-state index contributed by atoms with van der Waals surface area (Å²) < 4.78 is 13.4. The molecule has 0 radical (unpaired) electrons. The lowest BCUT2D eigenvalue weighted by Crippen LogP contribution is -2.32. The van der Waals surface area contributed by atoms with Crippen LogP contribution in [-0.2, 0) is 5.41 Å². The zero-order valence-corrected chi connectivity index (χ0v) is 34.9. The Labute approximate surface area is 373 Å². The van der Waals surface area contributed by atoms with Crippen molar-refractivity contribution in [2.24, 2.45) is 0 Å². The summed E-state index contributed by atoms with van der Waals surface area (Å²) in [5.74, 6) is 2.33. The molecule has 5 nitrogen and oxygen atoms in total. The molecule has 1 aliphatic carbocycles. The molecule has 12 aromatic rings. The van der Waals surface area contributed by atoms with E-state index < -0.39 is 5.41 Å². The van der Waals surface area contributed by atoms with Crippen molar-refractivity contribution in [1.82, 2.24) is 15.0 Å². The lowest BCUT2D eigenvalue weighted by molar-refractivity contribution is 0.437. The molecule has 0 amide bonds. The van der Waals surface area contributed by atoms with Crippen molar-refractivity contribution in [3.8, 4) is 67.8 Å². The number of rotatable bonds is 4. The minimum Gasteiger partial charge on any atom is -0.457 e. The standard InChI is InChI=1S/C60H35N3O2/c1-3-16-36(17-4-1)58-45-34-56-49(60(48-26-12-14-28-54(48)65-56)46-24-10-7-20-39(46)40-21-8-11-25-47(40)60)33-43(45)44-32-38(30-31-50(44)61-58)51-35-52(63-59(62-51)37-18-5-2-6-19-37)41-23-15-29-55-57(41)42-22-9-13-27-53(42)64-55/h1-35H. The lowest BCUT2D eigenvalue weighted by atomic mass is 9.65. The van der Waals surface area contributed by atoms with Crippen LogP contribution in [-0.4, -0.2) is 15.0 Å². The molecule has 9 aromatic carbocycles. The predicted octanol–water partition coefficient (Wildman–Crippen LogP) is 15.2. The van der Waals surface area contributed by atoms with Gasteiger partial charge in [0.25, 0.3) is 0 Å². The van der Waals surface area contributed by atoms with E-state index in [1.165, 1.54) is 22.3 Å². The third-order valence-corrected chi connectivity index (χ3v) is 13.5. The Bertz CT molecular complexity index is 3890. The molecule has 5 heteroatoms. The topological polar surface area (TPSA) is 61.0 Å². The number of hydrogen-bond donors (Lipinski definition) is 0. The van der Waals surface area contributed by atoms with Crippen molar-refractivity contribution >= 4 is 43.6 Å². The first-order valence-electron chi connectivity index (χ1n) is 22.0. The van der Waals surface area contributed by atoms with Crippen molar-refractivity contribution in [3.05, 3.63) is 235 Å². The average Bonchev–Trinajstić information content (AvgIpc) is 3.90. The van der Waals surface area contributed by atoms with Crippen molar-refractivity contribution in [2.75, 3.05) is 0 Å². The summed E-state index contributed by atoms with van der Waals surface area (Å²) in [7, 11) is 0. The molecule has 0 fully saturated rings. The second-order valence-corrected chi connectivity index (χ2v) is 17.0. The number of aromatic nitrogens is 3. The summed E-state index contributed by atoms with van der Waals surface area (Å²) in [6.07, 6.45) is 0. The molecule has 4 heterocycles. The number of hydrogen-bond acceptors (Lipinski definition) is 5. The summed E-state index contributed by atoms with van der Waals surface area (Å²) >= 11 is 0. The summed E-state index contributed by atoms with van der Waals surface area (Å²) in [6.45, 7) is 0. The van der Waals surface area contributed by atoms with Crippen molar-refractivity contribution < 1.29 is 9.15 Å². The summed E-state index contributed by atoms with van der Waals surface area (Å²) in [5.41, 5.74) is 15.6. The number of pyridine rings is 1. The molecule has 0 bridgehead atoms. The molecular weight excluding hydrogens is 795 g/mol. The van der Waals surface area contributed by atoms with E-state index in [2.05, 4.69) is 170 Å². The molecule has 2 aliphatic rings. The van der Waals surface area contributed by atoms with Crippen LogP contribution in [0.25, 0.3) is 99.9 Å². The monoisotopic (exact) mass is 829 g/mol. The summed E-state index contributed by atoms with van der Waals surface area (Å²) in [6, 6.07) is 74.7. The van der Waals surface area contributed by atoms with Crippen LogP contribution in [0.1, 0.15) is 22.3 Å².